The van der Waals surface area contributed by atoms with Crippen molar-refractivity contribution in [3.8, 4) is 0 Å². The number of urea groups is 1. The van der Waals surface area contributed by atoms with Crippen molar-refractivity contribution in [1.82, 2.24) is 25.8 Å². The first kappa shape index (κ1) is 20.2. The van der Waals surface area contributed by atoms with Crippen molar-refractivity contribution < 1.29 is 19.1 Å². The summed E-state index contributed by atoms with van der Waals surface area (Å²) in [6.07, 6.45) is 0.929. The molecule has 2 heterocycles. The minimum Gasteiger partial charge on any atom is -0.463 e. The Hall–Kier alpha value is -2.13. The van der Waals surface area contributed by atoms with E-state index in [4.69, 9.17) is 4.74 Å². The Morgan fingerprint density at radius 1 is 1.15 bits per heavy atom. The van der Waals surface area contributed by atoms with Crippen molar-refractivity contribution in [2.24, 2.45) is 0 Å². The highest BCUT2D eigenvalue weighted by Crippen LogP contribution is 2.11. The van der Waals surface area contributed by atoms with Gasteiger partial charge in [0.1, 0.15) is 0 Å². The third-order valence-corrected chi connectivity index (χ3v) is 4.36. The average Bonchev–Trinajstić information content (AvgIpc) is 2.62. The molecule has 26 heavy (non-hydrogen) atoms. The van der Waals surface area contributed by atoms with Gasteiger partial charge in [0.15, 0.2) is 0 Å². The van der Waals surface area contributed by atoms with Crippen molar-refractivity contribution in [3.05, 3.63) is 11.3 Å². The number of hydrogen-bond donors (Lipinski definition) is 3. The van der Waals surface area contributed by atoms with Gasteiger partial charge in [0.05, 0.1) is 25.3 Å². The fraction of sp³-hybridized carbons (Fsp3) is 0.706. The van der Waals surface area contributed by atoms with E-state index in [1.165, 1.54) is 0 Å². The van der Waals surface area contributed by atoms with Gasteiger partial charge >= 0.3 is 12.0 Å². The van der Waals surface area contributed by atoms with Gasteiger partial charge in [-0.1, -0.05) is 6.92 Å². The molecule has 2 rings (SSSR count). The van der Waals surface area contributed by atoms with E-state index in [1.807, 2.05) is 6.92 Å². The van der Waals surface area contributed by atoms with Crippen molar-refractivity contribution in [2.45, 2.75) is 20.3 Å². The predicted molar refractivity (Wildman–Crippen MR) is 96.4 cm³/mol. The smallest absolute Gasteiger partial charge is 0.337 e. The maximum Gasteiger partial charge on any atom is 0.337 e. The van der Waals surface area contributed by atoms with E-state index in [-0.39, 0.29) is 18.5 Å². The highest BCUT2D eigenvalue weighted by atomic mass is 16.5. The monoisotopic (exact) mass is 367 g/mol. The van der Waals surface area contributed by atoms with E-state index in [9.17, 15) is 14.4 Å². The molecule has 9 heteroatoms. The van der Waals surface area contributed by atoms with Gasteiger partial charge in [0, 0.05) is 45.0 Å². The standard InChI is InChI=1S/C17H29N5O4/c1-3-5-18-15(23)12-22-8-6-21(7-9-22)11-14-13(16(24)26-4-2)10-19-17(25)20-14/h3-12H2,1-2H3,(H,18,23)(H2,19,20,25). The molecule has 1 fully saturated rings. The van der Waals surface area contributed by atoms with Crippen LogP contribution in [0.1, 0.15) is 20.3 Å². The van der Waals surface area contributed by atoms with E-state index in [2.05, 4.69) is 25.8 Å². The molecule has 146 valence electrons. The van der Waals surface area contributed by atoms with Crippen LogP contribution in [0.25, 0.3) is 0 Å². The fourth-order valence-electron chi connectivity index (χ4n) is 2.93. The number of rotatable bonds is 8. The van der Waals surface area contributed by atoms with Crippen LogP contribution in [0, 0.1) is 0 Å². The van der Waals surface area contributed by atoms with E-state index in [0.29, 0.717) is 37.5 Å². The van der Waals surface area contributed by atoms with Crippen LogP contribution in [0.15, 0.2) is 11.3 Å². The average molecular weight is 367 g/mol. The summed E-state index contributed by atoms with van der Waals surface area (Å²) in [4.78, 5) is 39.8. The number of ether oxygens (including phenoxy) is 1. The maximum absolute atomic E-state index is 12.1. The lowest BCUT2D eigenvalue weighted by Crippen LogP contribution is -2.52. The van der Waals surface area contributed by atoms with Crippen LogP contribution in [0.3, 0.4) is 0 Å². The summed E-state index contributed by atoms with van der Waals surface area (Å²) in [5, 5.41) is 8.22. The SMILES string of the molecule is CCCNC(=O)CN1CCN(CC2=C(C(=O)OCC)CNC(=O)N2)CC1. The Bertz CT molecular complexity index is 555. The van der Waals surface area contributed by atoms with Gasteiger partial charge < -0.3 is 20.7 Å². The summed E-state index contributed by atoms with van der Waals surface area (Å²) in [7, 11) is 0. The molecule has 3 N–H and O–H groups in total. The fourth-order valence-corrected chi connectivity index (χ4v) is 2.93. The second-order valence-corrected chi connectivity index (χ2v) is 6.39. The van der Waals surface area contributed by atoms with Gasteiger partial charge in [0.25, 0.3) is 0 Å². The second-order valence-electron chi connectivity index (χ2n) is 6.39. The highest BCUT2D eigenvalue weighted by molar-refractivity contribution is 5.93. The molecule has 2 aliphatic heterocycles. The highest BCUT2D eigenvalue weighted by Gasteiger charge is 2.26. The summed E-state index contributed by atoms with van der Waals surface area (Å²) >= 11 is 0. The number of carbonyl (C=O) groups excluding carboxylic acids is 3. The maximum atomic E-state index is 12.1. The van der Waals surface area contributed by atoms with Crippen LogP contribution >= 0.6 is 0 Å². The van der Waals surface area contributed by atoms with Crippen molar-refractivity contribution in [3.63, 3.8) is 0 Å². The minimum atomic E-state index is -0.402. The van der Waals surface area contributed by atoms with Crippen molar-refractivity contribution >= 4 is 17.9 Å². The Balaban J connectivity index is 1.87. The van der Waals surface area contributed by atoms with Crippen LogP contribution in [0.4, 0.5) is 4.79 Å². The predicted octanol–water partition coefficient (Wildman–Crippen LogP) is -0.740. The molecule has 0 bridgehead atoms. The molecule has 2 aliphatic rings. The van der Waals surface area contributed by atoms with Crippen molar-refractivity contribution in [1.29, 1.82) is 0 Å². The molecular weight excluding hydrogens is 338 g/mol. The summed E-state index contributed by atoms with van der Waals surface area (Å²) in [6, 6.07) is -0.306. The Morgan fingerprint density at radius 3 is 2.50 bits per heavy atom. The molecule has 3 amide bonds. The third kappa shape index (κ3) is 5.99. The summed E-state index contributed by atoms with van der Waals surface area (Å²) in [6.45, 7) is 8.93. The number of nitrogens with one attached hydrogen (secondary N) is 3. The Labute approximate surface area is 154 Å². The number of carbonyl (C=O) groups is 3. The Morgan fingerprint density at radius 2 is 1.85 bits per heavy atom. The second kappa shape index (κ2) is 10.1. The van der Waals surface area contributed by atoms with Gasteiger partial charge in [-0.3, -0.25) is 14.6 Å². The number of esters is 1. The molecule has 0 aromatic carbocycles. The molecule has 0 saturated carbocycles. The molecule has 9 nitrogen and oxygen atoms in total. The molecule has 0 aromatic rings. The van der Waals surface area contributed by atoms with E-state index >= 15 is 0 Å². The zero-order valence-corrected chi connectivity index (χ0v) is 15.6. The lowest BCUT2D eigenvalue weighted by molar-refractivity contribution is -0.138. The normalized spacial score (nSPS) is 18.9. The van der Waals surface area contributed by atoms with Crippen molar-refractivity contribution in [2.75, 3.05) is 59.0 Å². The lowest BCUT2D eigenvalue weighted by atomic mass is 10.1. The number of piperazine rings is 1. The van der Waals surface area contributed by atoms with Crippen LogP contribution in [0.5, 0.6) is 0 Å². The van der Waals surface area contributed by atoms with Gasteiger partial charge in [-0.05, 0) is 13.3 Å². The quantitative estimate of drug-likeness (QED) is 0.489. The third-order valence-electron chi connectivity index (χ3n) is 4.36. The zero-order chi connectivity index (χ0) is 18.9. The summed E-state index contributed by atoms with van der Waals surface area (Å²) in [5.74, 6) is -0.348. The first-order chi connectivity index (χ1) is 12.5. The lowest BCUT2D eigenvalue weighted by Gasteiger charge is -2.35. The Kier molecular flexibility index (Phi) is 7.86. The molecule has 0 aliphatic carbocycles. The van der Waals surface area contributed by atoms with E-state index in [0.717, 1.165) is 32.6 Å². The van der Waals surface area contributed by atoms with Gasteiger partial charge in [-0.25, -0.2) is 9.59 Å². The molecule has 0 radical (unpaired) electrons. The minimum absolute atomic E-state index is 0.0539. The summed E-state index contributed by atoms with van der Waals surface area (Å²) < 4.78 is 5.07. The molecule has 1 saturated heterocycles. The van der Waals surface area contributed by atoms with Crippen LogP contribution < -0.4 is 16.0 Å². The number of hydrogen-bond acceptors (Lipinski definition) is 6. The first-order valence-electron chi connectivity index (χ1n) is 9.18. The number of amides is 3. The van der Waals surface area contributed by atoms with Gasteiger partial charge in [-0.2, -0.15) is 0 Å². The zero-order valence-electron chi connectivity index (χ0n) is 15.6. The van der Waals surface area contributed by atoms with Crippen LogP contribution in [0.2, 0.25) is 0 Å². The molecular formula is C17H29N5O4. The molecule has 0 atom stereocenters. The topological polar surface area (TPSA) is 103 Å². The summed E-state index contributed by atoms with van der Waals surface area (Å²) in [5.41, 5.74) is 1.06. The molecule has 0 aromatic heterocycles. The van der Waals surface area contributed by atoms with Crippen LogP contribution in [-0.2, 0) is 14.3 Å². The number of nitrogens with zero attached hydrogens (tertiary/aromatic N) is 2. The molecule has 0 unspecified atom stereocenters. The van der Waals surface area contributed by atoms with E-state index < -0.39 is 5.97 Å². The van der Waals surface area contributed by atoms with E-state index in [1.54, 1.807) is 6.92 Å². The molecule has 0 spiro atoms. The van der Waals surface area contributed by atoms with Gasteiger partial charge in [0.2, 0.25) is 5.91 Å². The largest absolute Gasteiger partial charge is 0.463 e. The van der Waals surface area contributed by atoms with Crippen LogP contribution in [-0.4, -0.2) is 86.7 Å². The first-order valence-corrected chi connectivity index (χ1v) is 9.18. The van der Waals surface area contributed by atoms with Gasteiger partial charge in [-0.15, -0.1) is 0 Å².